The van der Waals surface area contributed by atoms with Gasteiger partial charge in [-0.3, -0.25) is 4.79 Å². The number of nitrogens with two attached hydrogens (primary N) is 1. The summed E-state index contributed by atoms with van der Waals surface area (Å²) in [6.07, 6.45) is 0. The first-order valence-electron chi connectivity index (χ1n) is 6.41. The van der Waals surface area contributed by atoms with E-state index >= 15 is 0 Å². The molecule has 0 heterocycles. The number of ether oxygens (including phenoxy) is 1. The van der Waals surface area contributed by atoms with Gasteiger partial charge in [0.2, 0.25) is 5.91 Å². The van der Waals surface area contributed by atoms with Crippen LogP contribution in [0.3, 0.4) is 0 Å². The molecule has 0 aromatic heterocycles. The highest BCUT2D eigenvalue weighted by molar-refractivity contribution is 5.81. The van der Waals surface area contributed by atoms with Crippen molar-refractivity contribution in [3.05, 3.63) is 29.3 Å². The van der Waals surface area contributed by atoms with Gasteiger partial charge >= 0.3 is 0 Å². The zero-order valence-corrected chi connectivity index (χ0v) is 12.5. The Kier molecular flexibility index (Phi) is 4.95. The first-order valence-corrected chi connectivity index (χ1v) is 6.41. The van der Waals surface area contributed by atoms with E-state index in [0.29, 0.717) is 13.1 Å². The molecule has 1 aromatic carbocycles. The Labute approximate surface area is 115 Å². The molecule has 0 saturated heterocycles. The number of aryl methyl sites for hydroxylation is 1. The molecule has 0 atom stereocenters. The third-order valence-electron chi connectivity index (χ3n) is 3.31. The molecule has 4 nitrogen and oxygen atoms in total. The van der Waals surface area contributed by atoms with Crippen LogP contribution in [0.5, 0.6) is 5.75 Å². The fourth-order valence-corrected chi connectivity index (χ4v) is 1.99. The van der Waals surface area contributed by atoms with Crippen molar-refractivity contribution in [3.63, 3.8) is 0 Å². The number of carbonyl (C=O) groups is 1. The number of hydrogen-bond acceptors (Lipinski definition) is 3. The summed E-state index contributed by atoms with van der Waals surface area (Å²) in [5.41, 5.74) is 7.27. The van der Waals surface area contributed by atoms with Crippen LogP contribution in [0.15, 0.2) is 18.2 Å². The van der Waals surface area contributed by atoms with Crippen LogP contribution in [0.4, 0.5) is 0 Å². The van der Waals surface area contributed by atoms with Gasteiger partial charge in [-0.25, -0.2) is 0 Å². The second-order valence-corrected chi connectivity index (χ2v) is 5.55. The quantitative estimate of drug-likeness (QED) is 0.884. The third kappa shape index (κ3) is 3.70. The minimum Gasteiger partial charge on any atom is -0.496 e. The summed E-state index contributed by atoms with van der Waals surface area (Å²) in [5.74, 6) is 0.920. The highest BCUT2D eigenvalue weighted by atomic mass is 16.5. The summed E-state index contributed by atoms with van der Waals surface area (Å²) in [4.78, 5) is 13.9. The second kappa shape index (κ2) is 6.06. The zero-order valence-electron chi connectivity index (χ0n) is 12.5. The highest BCUT2D eigenvalue weighted by Gasteiger charge is 2.28. The molecule has 19 heavy (non-hydrogen) atoms. The molecular weight excluding hydrogens is 240 g/mol. The molecule has 4 heteroatoms. The van der Waals surface area contributed by atoms with E-state index in [0.717, 1.165) is 16.9 Å². The van der Waals surface area contributed by atoms with Crippen LogP contribution in [0, 0.1) is 12.3 Å². The van der Waals surface area contributed by atoms with E-state index in [4.69, 9.17) is 10.5 Å². The Hall–Kier alpha value is -1.55. The lowest BCUT2D eigenvalue weighted by Crippen LogP contribution is -2.42. The molecule has 1 aromatic rings. The van der Waals surface area contributed by atoms with Gasteiger partial charge in [0, 0.05) is 20.1 Å². The molecule has 2 N–H and O–H groups in total. The minimum atomic E-state index is -0.518. The Bertz CT molecular complexity index is 455. The van der Waals surface area contributed by atoms with E-state index < -0.39 is 5.41 Å². The smallest absolute Gasteiger partial charge is 0.229 e. The van der Waals surface area contributed by atoms with Crippen molar-refractivity contribution < 1.29 is 9.53 Å². The van der Waals surface area contributed by atoms with Crippen LogP contribution in [-0.2, 0) is 11.3 Å². The SMILES string of the molecule is COc1ccc(CN(C)C(=O)C(C)(C)CN)cc1C. The van der Waals surface area contributed by atoms with Crippen molar-refractivity contribution in [2.24, 2.45) is 11.1 Å². The van der Waals surface area contributed by atoms with Crippen molar-refractivity contribution in [3.8, 4) is 5.75 Å². The van der Waals surface area contributed by atoms with Crippen molar-refractivity contribution in [1.29, 1.82) is 0 Å². The Balaban J connectivity index is 2.80. The van der Waals surface area contributed by atoms with Gasteiger partial charge in [0.05, 0.1) is 12.5 Å². The molecule has 0 spiro atoms. The largest absolute Gasteiger partial charge is 0.496 e. The van der Waals surface area contributed by atoms with Crippen LogP contribution >= 0.6 is 0 Å². The normalized spacial score (nSPS) is 11.3. The molecule has 0 unspecified atom stereocenters. The zero-order chi connectivity index (χ0) is 14.6. The summed E-state index contributed by atoms with van der Waals surface area (Å²) >= 11 is 0. The first-order chi connectivity index (χ1) is 8.81. The summed E-state index contributed by atoms with van der Waals surface area (Å²) in [6.45, 7) is 6.65. The second-order valence-electron chi connectivity index (χ2n) is 5.55. The van der Waals surface area contributed by atoms with Crippen molar-refractivity contribution >= 4 is 5.91 Å². The monoisotopic (exact) mass is 264 g/mol. The predicted octanol–water partition coefficient (Wildman–Crippen LogP) is 1.95. The number of methoxy groups -OCH3 is 1. The van der Waals surface area contributed by atoms with E-state index in [1.807, 2.05) is 39.0 Å². The van der Waals surface area contributed by atoms with Crippen LogP contribution in [0.25, 0.3) is 0 Å². The van der Waals surface area contributed by atoms with Gasteiger partial charge in [-0.2, -0.15) is 0 Å². The standard InChI is InChI=1S/C15H24N2O2/c1-11-8-12(6-7-13(11)19-5)9-17(4)14(18)15(2,3)10-16/h6-8H,9-10,16H2,1-5H3. The van der Waals surface area contributed by atoms with Crippen LogP contribution in [0.2, 0.25) is 0 Å². The molecule has 0 radical (unpaired) electrons. The van der Waals surface area contributed by atoms with Crippen LogP contribution in [0.1, 0.15) is 25.0 Å². The maximum absolute atomic E-state index is 12.2. The van der Waals surface area contributed by atoms with E-state index in [-0.39, 0.29) is 5.91 Å². The topological polar surface area (TPSA) is 55.6 Å². The molecule has 1 rings (SSSR count). The van der Waals surface area contributed by atoms with Crippen molar-refractivity contribution in [2.45, 2.75) is 27.3 Å². The van der Waals surface area contributed by atoms with Crippen LogP contribution in [-0.4, -0.2) is 31.5 Å². The number of amides is 1. The van der Waals surface area contributed by atoms with Gasteiger partial charge < -0.3 is 15.4 Å². The van der Waals surface area contributed by atoms with Gasteiger partial charge in [-0.1, -0.05) is 12.1 Å². The molecule has 106 valence electrons. The van der Waals surface area contributed by atoms with Gasteiger partial charge in [0.25, 0.3) is 0 Å². The molecule has 0 bridgehead atoms. The fraction of sp³-hybridized carbons (Fsp3) is 0.533. The summed E-state index contributed by atoms with van der Waals surface area (Å²) < 4.78 is 5.23. The fourth-order valence-electron chi connectivity index (χ4n) is 1.99. The number of nitrogens with zero attached hydrogens (tertiary/aromatic N) is 1. The molecule has 0 aliphatic heterocycles. The maximum atomic E-state index is 12.2. The van der Waals surface area contributed by atoms with Gasteiger partial charge in [0.15, 0.2) is 0 Å². The van der Waals surface area contributed by atoms with E-state index in [9.17, 15) is 4.79 Å². The van der Waals surface area contributed by atoms with Gasteiger partial charge in [-0.05, 0) is 38.0 Å². The Morgan fingerprint density at radius 1 is 1.42 bits per heavy atom. The predicted molar refractivity (Wildman–Crippen MR) is 77.0 cm³/mol. The first kappa shape index (κ1) is 15.5. The van der Waals surface area contributed by atoms with Crippen molar-refractivity contribution in [1.82, 2.24) is 4.90 Å². The lowest BCUT2D eigenvalue weighted by atomic mass is 9.92. The van der Waals surface area contributed by atoms with Gasteiger partial charge in [0.1, 0.15) is 5.75 Å². The van der Waals surface area contributed by atoms with Crippen LogP contribution < -0.4 is 10.5 Å². The van der Waals surface area contributed by atoms with E-state index in [1.165, 1.54) is 0 Å². The van der Waals surface area contributed by atoms with E-state index in [1.54, 1.807) is 19.1 Å². The third-order valence-corrected chi connectivity index (χ3v) is 3.31. The number of hydrogen-bond donors (Lipinski definition) is 1. The molecule has 0 fully saturated rings. The number of rotatable bonds is 5. The van der Waals surface area contributed by atoms with E-state index in [2.05, 4.69) is 0 Å². The van der Waals surface area contributed by atoms with Gasteiger partial charge in [-0.15, -0.1) is 0 Å². The Morgan fingerprint density at radius 3 is 2.53 bits per heavy atom. The summed E-state index contributed by atoms with van der Waals surface area (Å²) in [6, 6.07) is 5.94. The lowest BCUT2D eigenvalue weighted by Gasteiger charge is -2.28. The summed E-state index contributed by atoms with van der Waals surface area (Å²) in [5, 5.41) is 0. The molecule has 0 aliphatic rings. The molecule has 1 amide bonds. The molecule has 0 saturated carbocycles. The minimum absolute atomic E-state index is 0.0588. The maximum Gasteiger partial charge on any atom is 0.229 e. The summed E-state index contributed by atoms with van der Waals surface area (Å²) in [7, 11) is 3.46. The Morgan fingerprint density at radius 2 is 2.05 bits per heavy atom. The number of benzene rings is 1. The average molecular weight is 264 g/mol. The molecular formula is C15H24N2O2. The highest BCUT2D eigenvalue weighted by Crippen LogP contribution is 2.21. The van der Waals surface area contributed by atoms with Crippen molar-refractivity contribution in [2.75, 3.05) is 20.7 Å². The lowest BCUT2D eigenvalue weighted by molar-refractivity contribution is -0.139. The molecule has 0 aliphatic carbocycles. The average Bonchev–Trinajstić information content (AvgIpc) is 2.38. The number of carbonyl (C=O) groups excluding carboxylic acids is 1.